The van der Waals surface area contributed by atoms with Crippen LogP contribution in [0.2, 0.25) is 5.02 Å². The standard InChI is InChI=1S/C15H9ClF3N7O2S/c16-10-5-8(6-20)1-3-11(10)23-14-24-13(21)26(25-14)29(27,28)9-2-4-12(22-7-9)15(17,18)19/h1-5,7H,(H3,21,23,24,25). The van der Waals surface area contributed by atoms with Gasteiger partial charge in [0.1, 0.15) is 10.6 Å². The number of benzene rings is 1. The zero-order chi connectivity index (χ0) is 21.4. The summed E-state index contributed by atoms with van der Waals surface area (Å²) in [5, 5.41) is 15.3. The Morgan fingerprint density at radius 1 is 1.24 bits per heavy atom. The Morgan fingerprint density at radius 3 is 2.52 bits per heavy atom. The molecule has 14 heteroatoms. The number of nitrogens with one attached hydrogen (secondary N) is 1. The lowest BCUT2D eigenvalue weighted by Crippen LogP contribution is -2.18. The van der Waals surface area contributed by atoms with Gasteiger partial charge in [-0.25, -0.2) is 0 Å². The molecule has 3 aromatic rings. The molecule has 1 aromatic carbocycles. The van der Waals surface area contributed by atoms with Crippen LogP contribution in [-0.4, -0.2) is 27.6 Å². The maximum Gasteiger partial charge on any atom is 0.433 e. The number of nitrogens with zero attached hydrogens (tertiary/aromatic N) is 5. The van der Waals surface area contributed by atoms with E-state index in [1.165, 1.54) is 18.2 Å². The Kier molecular flexibility index (Phi) is 5.07. The maximum absolute atomic E-state index is 12.6. The first-order valence-corrected chi connectivity index (χ1v) is 9.32. The number of nitrogens with two attached hydrogens (primary N) is 1. The predicted octanol–water partition coefficient (Wildman–Crippen LogP) is 2.78. The zero-order valence-corrected chi connectivity index (χ0v) is 15.6. The predicted molar refractivity (Wildman–Crippen MR) is 95.7 cm³/mol. The summed E-state index contributed by atoms with van der Waals surface area (Å²) in [5.74, 6) is -0.783. The Morgan fingerprint density at radius 2 is 1.97 bits per heavy atom. The number of alkyl halides is 3. The number of anilines is 3. The van der Waals surface area contributed by atoms with Crippen LogP contribution < -0.4 is 11.1 Å². The number of rotatable bonds is 4. The Labute approximate surface area is 166 Å². The second-order valence-corrected chi connectivity index (χ2v) is 7.62. The average Bonchev–Trinajstić information content (AvgIpc) is 3.04. The van der Waals surface area contributed by atoms with Crippen LogP contribution in [0, 0.1) is 11.3 Å². The molecule has 2 heterocycles. The Bertz CT molecular complexity index is 1220. The highest BCUT2D eigenvalue weighted by Gasteiger charge is 2.33. The number of aromatic nitrogens is 4. The summed E-state index contributed by atoms with van der Waals surface area (Å²) in [5.41, 5.74) is 4.92. The molecule has 0 spiro atoms. The molecule has 0 aliphatic carbocycles. The molecule has 150 valence electrons. The number of halogens is 4. The molecule has 0 radical (unpaired) electrons. The fraction of sp³-hybridized carbons (Fsp3) is 0.0667. The summed E-state index contributed by atoms with van der Waals surface area (Å²) in [7, 11) is -4.45. The van der Waals surface area contributed by atoms with Gasteiger partial charge >= 0.3 is 6.18 Å². The van der Waals surface area contributed by atoms with Gasteiger partial charge in [-0.15, -0.1) is 9.19 Å². The molecule has 29 heavy (non-hydrogen) atoms. The molecule has 0 unspecified atom stereocenters. The lowest BCUT2D eigenvalue weighted by atomic mass is 10.2. The lowest BCUT2D eigenvalue weighted by molar-refractivity contribution is -0.141. The van der Waals surface area contributed by atoms with E-state index in [9.17, 15) is 21.6 Å². The largest absolute Gasteiger partial charge is 0.433 e. The fourth-order valence-electron chi connectivity index (χ4n) is 2.15. The molecule has 3 rings (SSSR count). The van der Waals surface area contributed by atoms with E-state index in [0.717, 1.165) is 6.07 Å². The molecule has 0 atom stereocenters. The van der Waals surface area contributed by atoms with Gasteiger partial charge in [0.25, 0.3) is 10.0 Å². The average molecular weight is 444 g/mol. The third-order valence-corrected chi connectivity index (χ3v) is 5.37. The van der Waals surface area contributed by atoms with Gasteiger partial charge in [-0.2, -0.15) is 31.8 Å². The first-order valence-electron chi connectivity index (χ1n) is 7.50. The second kappa shape index (κ2) is 7.22. The van der Waals surface area contributed by atoms with Crippen molar-refractivity contribution >= 4 is 39.2 Å². The molecule has 0 aliphatic heterocycles. The van der Waals surface area contributed by atoms with Crippen LogP contribution in [0.1, 0.15) is 11.3 Å². The van der Waals surface area contributed by atoms with Crippen molar-refractivity contribution in [1.82, 2.24) is 19.2 Å². The third kappa shape index (κ3) is 4.08. The van der Waals surface area contributed by atoms with Gasteiger partial charge in [-0.05, 0) is 30.3 Å². The van der Waals surface area contributed by atoms with Gasteiger partial charge in [0.05, 0.1) is 22.3 Å². The van der Waals surface area contributed by atoms with Gasteiger partial charge < -0.3 is 11.1 Å². The van der Waals surface area contributed by atoms with Gasteiger partial charge in [-0.1, -0.05) is 11.6 Å². The van der Waals surface area contributed by atoms with Crippen molar-refractivity contribution < 1.29 is 21.6 Å². The van der Waals surface area contributed by atoms with Crippen LogP contribution in [0.4, 0.5) is 30.8 Å². The minimum absolute atomic E-state index is 0.147. The molecule has 0 saturated heterocycles. The van der Waals surface area contributed by atoms with Crippen molar-refractivity contribution in [3.05, 3.63) is 52.8 Å². The summed E-state index contributed by atoms with van der Waals surface area (Å²) in [6, 6.07) is 7.43. The summed E-state index contributed by atoms with van der Waals surface area (Å²) in [6.07, 6.45) is -4.17. The molecule has 0 saturated carbocycles. The number of nitriles is 1. The molecular weight excluding hydrogens is 435 g/mol. The van der Waals surface area contributed by atoms with Crippen LogP contribution in [0.5, 0.6) is 0 Å². The lowest BCUT2D eigenvalue weighted by Gasteiger charge is -2.08. The van der Waals surface area contributed by atoms with E-state index in [1.54, 1.807) is 0 Å². The summed E-state index contributed by atoms with van der Waals surface area (Å²) < 4.78 is 63.3. The third-order valence-electron chi connectivity index (χ3n) is 3.50. The Hall–Kier alpha value is -3.37. The van der Waals surface area contributed by atoms with Crippen molar-refractivity contribution in [3.63, 3.8) is 0 Å². The van der Waals surface area contributed by atoms with Gasteiger partial charge in [-0.3, -0.25) is 4.98 Å². The minimum Gasteiger partial charge on any atom is -0.367 e. The van der Waals surface area contributed by atoms with E-state index in [0.29, 0.717) is 21.9 Å². The molecule has 0 aliphatic rings. The normalized spacial score (nSPS) is 11.8. The van der Waals surface area contributed by atoms with Crippen molar-refractivity contribution in [2.45, 2.75) is 11.1 Å². The molecule has 9 nitrogen and oxygen atoms in total. The topological polar surface area (TPSA) is 140 Å². The maximum atomic E-state index is 12.6. The first-order chi connectivity index (χ1) is 13.5. The second-order valence-electron chi connectivity index (χ2n) is 5.45. The molecular formula is C15H9ClF3N7O2S. The number of hydrogen-bond donors (Lipinski definition) is 2. The summed E-state index contributed by atoms with van der Waals surface area (Å²) in [6.45, 7) is 0. The van der Waals surface area contributed by atoms with Crippen molar-refractivity contribution in [2.75, 3.05) is 11.1 Å². The van der Waals surface area contributed by atoms with E-state index >= 15 is 0 Å². The molecule has 0 amide bonds. The van der Waals surface area contributed by atoms with Gasteiger partial charge in [0, 0.05) is 6.20 Å². The van der Waals surface area contributed by atoms with Crippen molar-refractivity contribution in [1.29, 1.82) is 5.26 Å². The smallest absolute Gasteiger partial charge is 0.367 e. The van der Waals surface area contributed by atoms with Crippen LogP contribution in [-0.2, 0) is 16.2 Å². The summed E-state index contributed by atoms with van der Waals surface area (Å²) >= 11 is 6.02. The van der Waals surface area contributed by atoms with E-state index in [2.05, 4.69) is 20.4 Å². The van der Waals surface area contributed by atoms with Gasteiger partial charge in [0.2, 0.25) is 11.9 Å². The highest BCUT2D eigenvalue weighted by Crippen LogP contribution is 2.29. The fourth-order valence-corrected chi connectivity index (χ4v) is 3.47. The van der Waals surface area contributed by atoms with E-state index < -0.39 is 32.7 Å². The highest BCUT2D eigenvalue weighted by molar-refractivity contribution is 7.90. The monoisotopic (exact) mass is 443 g/mol. The van der Waals surface area contributed by atoms with Crippen LogP contribution in [0.25, 0.3) is 0 Å². The van der Waals surface area contributed by atoms with Crippen LogP contribution in [0.15, 0.2) is 41.4 Å². The van der Waals surface area contributed by atoms with Gasteiger partial charge in [0.15, 0.2) is 0 Å². The van der Waals surface area contributed by atoms with Crippen LogP contribution in [0.3, 0.4) is 0 Å². The Balaban J connectivity index is 1.92. The highest BCUT2D eigenvalue weighted by atomic mass is 35.5. The van der Waals surface area contributed by atoms with E-state index in [4.69, 9.17) is 22.6 Å². The van der Waals surface area contributed by atoms with E-state index in [1.807, 2.05) is 6.07 Å². The van der Waals surface area contributed by atoms with Crippen LogP contribution >= 0.6 is 11.6 Å². The molecule has 0 fully saturated rings. The first kappa shape index (κ1) is 20.4. The summed E-state index contributed by atoms with van der Waals surface area (Å²) in [4.78, 5) is 6.30. The quantitative estimate of drug-likeness (QED) is 0.627. The minimum atomic E-state index is -4.72. The van der Waals surface area contributed by atoms with E-state index in [-0.39, 0.29) is 16.7 Å². The SMILES string of the molecule is N#Cc1ccc(Nc2nc(N)n(S(=O)(=O)c3ccc(C(F)(F)F)nc3)n2)c(Cl)c1. The number of hydrogen-bond acceptors (Lipinski definition) is 8. The number of nitrogen functional groups attached to an aromatic ring is 1. The zero-order valence-electron chi connectivity index (χ0n) is 14.0. The van der Waals surface area contributed by atoms with Crippen molar-refractivity contribution in [3.8, 4) is 6.07 Å². The number of pyridine rings is 1. The van der Waals surface area contributed by atoms with Crippen molar-refractivity contribution in [2.24, 2.45) is 0 Å². The molecule has 2 aromatic heterocycles. The molecule has 0 bridgehead atoms. The molecule has 3 N–H and O–H groups in total.